The number of amides is 1. The summed E-state index contributed by atoms with van der Waals surface area (Å²) < 4.78 is 10.3. The van der Waals surface area contributed by atoms with Gasteiger partial charge in [0.15, 0.2) is 6.10 Å². The lowest BCUT2D eigenvalue weighted by molar-refractivity contribution is -0.123. The molecule has 2 aromatic rings. The van der Waals surface area contributed by atoms with Gasteiger partial charge in [-0.2, -0.15) is 0 Å². The van der Waals surface area contributed by atoms with E-state index >= 15 is 0 Å². The number of benzene rings is 2. The maximum atomic E-state index is 12.3. The molecule has 2 rings (SSSR count). The molecule has 0 bridgehead atoms. The van der Waals surface area contributed by atoms with Gasteiger partial charge in [-0.1, -0.05) is 29.8 Å². The fraction of sp³-hybridized carbons (Fsp3) is 0.263. The quantitative estimate of drug-likeness (QED) is 0.790. The molecule has 132 valence electrons. The van der Waals surface area contributed by atoms with Crippen LogP contribution in [-0.4, -0.2) is 25.1 Å². The first-order chi connectivity index (χ1) is 11.9. The molecule has 0 radical (unpaired) electrons. The highest BCUT2D eigenvalue weighted by atomic mass is 35.5. The average Bonchev–Trinajstić information content (AvgIpc) is 2.58. The van der Waals surface area contributed by atoms with E-state index < -0.39 is 18.0 Å². The Balaban J connectivity index is 2.01. The van der Waals surface area contributed by atoms with E-state index in [0.717, 1.165) is 11.1 Å². The summed E-state index contributed by atoms with van der Waals surface area (Å²) in [4.78, 5) is 24.5. The molecule has 0 aliphatic rings. The zero-order valence-corrected chi connectivity index (χ0v) is 15.1. The third kappa shape index (κ3) is 5.31. The van der Waals surface area contributed by atoms with E-state index in [0.29, 0.717) is 22.9 Å². The van der Waals surface area contributed by atoms with Crippen LogP contribution in [0.1, 0.15) is 28.4 Å². The van der Waals surface area contributed by atoms with E-state index in [4.69, 9.17) is 21.1 Å². The Morgan fingerprint density at radius 2 is 1.96 bits per heavy atom. The van der Waals surface area contributed by atoms with E-state index in [9.17, 15) is 9.59 Å². The maximum Gasteiger partial charge on any atom is 0.338 e. The fourth-order valence-electron chi connectivity index (χ4n) is 2.20. The van der Waals surface area contributed by atoms with Crippen LogP contribution in [-0.2, 0) is 20.9 Å². The maximum absolute atomic E-state index is 12.3. The zero-order valence-electron chi connectivity index (χ0n) is 14.3. The van der Waals surface area contributed by atoms with E-state index in [1.54, 1.807) is 43.5 Å². The summed E-state index contributed by atoms with van der Waals surface area (Å²) >= 11 is 5.94. The van der Waals surface area contributed by atoms with Crippen molar-refractivity contribution in [3.63, 3.8) is 0 Å². The van der Waals surface area contributed by atoms with Crippen LogP contribution in [0.2, 0.25) is 5.02 Å². The number of hydrogen-bond donors (Lipinski definition) is 1. The normalized spacial score (nSPS) is 11.7. The molecular formula is C19H20ClNO4. The Morgan fingerprint density at radius 3 is 2.68 bits per heavy atom. The molecule has 0 spiro atoms. The van der Waals surface area contributed by atoms with E-state index in [-0.39, 0.29) is 0 Å². The van der Waals surface area contributed by atoms with Gasteiger partial charge in [0.25, 0.3) is 5.91 Å². The lowest BCUT2D eigenvalue weighted by Gasteiger charge is -2.15. The molecule has 6 heteroatoms. The van der Waals surface area contributed by atoms with Crippen molar-refractivity contribution in [2.75, 3.05) is 12.4 Å². The Hall–Kier alpha value is -2.37. The Kier molecular flexibility index (Phi) is 6.56. The van der Waals surface area contributed by atoms with Gasteiger partial charge in [-0.15, -0.1) is 0 Å². The number of nitrogens with one attached hydrogen (secondary N) is 1. The number of halogens is 1. The molecule has 25 heavy (non-hydrogen) atoms. The number of rotatable bonds is 6. The number of esters is 1. The lowest BCUT2D eigenvalue weighted by Crippen LogP contribution is -2.30. The van der Waals surface area contributed by atoms with Gasteiger partial charge in [0.2, 0.25) is 0 Å². The number of hydrogen-bond acceptors (Lipinski definition) is 4. The molecule has 5 nitrogen and oxygen atoms in total. The largest absolute Gasteiger partial charge is 0.449 e. The highest BCUT2D eigenvalue weighted by molar-refractivity contribution is 6.31. The summed E-state index contributed by atoms with van der Waals surface area (Å²) in [5, 5.41) is 3.23. The number of methoxy groups -OCH3 is 1. The van der Waals surface area contributed by atoms with Crippen molar-refractivity contribution in [2.24, 2.45) is 0 Å². The van der Waals surface area contributed by atoms with Crippen LogP contribution in [0.25, 0.3) is 0 Å². The molecule has 2 aromatic carbocycles. The Labute approximate surface area is 151 Å². The van der Waals surface area contributed by atoms with Crippen molar-refractivity contribution in [2.45, 2.75) is 26.6 Å². The molecule has 0 aromatic heterocycles. The van der Waals surface area contributed by atoms with Gasteiger partial charge >= 0.3 is 5.97 Å². The van der Waals surface area contributed by atoms with Gasteiger partial charge in [-0.3, -0.25) is 4.79 Å². The fourth-order valence-corrected chi connectivity index (χ4v) is 2.37. The van der Waals surface area contributed by atoms with Crippen LogP contribution in [0.4, 0.5) is 5.69 Å². The molecule has 0 aliphatic heterocycles. The highest BCUT2D eigenvalue weighted by Crippen LogP contribution is 2.20. The predicted molar refractivity (Wildman–Crippen MR) is 96.9 cm³/mol. The molecule has 1 N–H and O–H groups in total. The van der Waals surface area contributed by atoms with Crippen LogP contribution < -0.4 is 5.32 Å². The van der Waals surface area contributed by atoms with Crippen LogP contribution in [0.15, 0.2) is 42.5 Å². The molecule has 0 unspecified atom stereocenters. The second-order valence-electron chi connectivity index (χ2n) is 5.63. The third-order valence-electron chi connectivity index (χ3n) is 3.58. The topological polar surface area (TPSA) is 64.6 Å². The first-order valence-electron chi connectivity index (χ1n) is 7.76. The van der Waals surface area contributed by atoms with Crippen molar-refractivity contribution in [1.29, 1.82) is 0 Å². The summed E-state index contributed by atoms with van der Waals surface area (Å²) in [6.45, 7) is 3.77. The first-order valence-corrected chi connectivity index (χ1v) is 8.14. The second kappa shape index (κ2) is 8.65. The lowest BCUT2D eigenvalue weighted by atomic mass is 10.1. The molecule has 1 atom stereocenters. The number of anilines is 1. The smallest absolute Gasteiger partial charge is 0.338 e. The molecule has 0 aliphatic carbocycles. The molecule has 0 heterocycles. The van der Waals surface area contributed by atoms with Crippen molar-refractivity contribution < 1.29 is 19.1 Å². The summed E-state index contributed by atoms with van der Waals surface area (Å²) in [7, 11) is 1.58. The summed E-state index contributed by atoms with van der Waals surface area (Å²) in [5.74, 6) is -0.991. The van der Waals surface area contributed by atoms with E-state index in [1.807, 2.05) is 13.0 Å². The number of carbonyl (C=O) groups excluding carboxylic acids is 2. The molecule has 0 saturated carbocycles. The Bertz CT molecular complexity index is 776. The van der Waals surface area contributed by atoms with Gasteiger partial charge in [0.1, 0.15) is 0 Å². The van der Waals surface area contributed by atoms with Crippen LogP contribution in [0.5, 0.6) is 0 Å². The van der Waals surface area contributed by atoms with Crippen molar-refractivity contribution in [3.05, 3.63) is 64.2 Å². The van der Waals surface area contributed by atoms with Crippen LogP contribution >= 0.6 is 11.6 Å². The van der Waals surface area contributed by atoms with Gasteiger partial charge in [0, 0.05) is 17.8 Å². The van der Waals surface area contributed by atoms with Gasteiger partial charge in [-0.05, 0) is 49.2 Å². The minimum absolute atomic E-state index is 0.369. The SMILES string of the molecule is COCc1cccc(C(=O)O[C@@H](C)C(=O)Nc2cc(Cl)ccc2C)c1. The highest BCUT2D eigenvalue weighted by Gasteiger charge is 2.20. The molecular weight excluding hydrogens is 342 g/mol. The molecule has 0 fully saturated rings. The molecule has 0 saturated heterocycles. The van der Waals surface area contributed by atoms with Gasteiger partial charge in [0.05, 0.1) is 12.2 Å². The number of aryl methyl sites for hydroxylation is 1. The average molecular weight is 362 g/mol. The predicted octanol–water partition coefficient (Wildman–Crippen LogP) is 3.98. The van der Waals surface area contributed by atoms with Crippen molar-refractivity contribution in [3.8, 4) is 0 Å². The standard InChI is InChI=1S/C19H20ClNO4/c1-12-7-8-16(20)10-17(12)21-18(22)13(2)25-19(23)15-6-4-5-14(9-15)11-24-3/h4-10,13H,11H2,1-3H3,(H,21,22)/t13-/m0/s1. The third-order valence-corrected chi connectivity index (χ3v) is 3.82. The number of carbonyl (C=O) groups is 2. The van der Waals surface area contributed by atoms with Gasteiger partial charge < -0.3 is 14.8 Å². The minimum atomic E-state index is -0.947. The monoisotopic (exact) mass is 361 g/mol. The molecule has 1 amide bonds. The van der Waals surface area contributed by atoms with Gasteiger partial charge in [-0.25, -0.2) is 4.79 Å². The van der Waals surface area contributed by atoms with E-state index in [2.05, 4.69) is 5.32 Å². The van der Waals surface area contributed by atoms with Crippen LogP contribution in [0, 0.1) is 6.92 Å². The Morgan fingerprint density at radius 1 is 1.20 bits per heavy atom. The van der Waals surface area contributed by atoms with E-state index in [1.165, 1.54) is 6.92 Å². The first kappa shape index (κ1) is 19.0. The van der Waals surface area contributed by atoms with Crippen LogP contribution in [0.3, 0.4) is 0 Å². The minimum Gasteiger partial charge on any atom is -0.449 e. The van der Waals surface area contributed by atoms with Crippen molar-refractivity contribution in [1.82, 2.24) is 0 Å². The van der Waals surface area contributed by atoms with Crippen molar-refractivity contribution >= 4 is 29.2 Å². The zero-order chi connectivity index (χ0) is 18.4. The summed E-state index contributed by atoms with van der Waals surface area (Å²) in [6.07, 6.45) is -0.947. The summed E-state index contributed by atoms with van der Waals surface area (Å²) in [5.41, 5.74) is 2.67. The second-order valence-corrected chi connectivity index (χ2v) is 6.07. The summed E-state index contributed by atoms with van der Waals surface area (Å²) in [6, 6.07) is 12.1. The number of ether oxygens (including phenoxy) is 2.